The Morgan fingerprint density at radius 1 is 1.42 bits per heavy atom. The number of nitro benzene ring substituents is 1. The second kappa shape index (κ2) is 8.00. The predicted molar refractivity (Wildman–Crippen MR) is 95.0 cm³/mol. The molecule has 0 aliphatic heterocycles. The molecule has 1 amide bonds. The van der Waals surface area contributed by atoms with Crippen molar-refractivity contribution in [2.45, 2.75) is 0 Å². The summed E-state index contributed by atoms with van der Waals surface area (Å²) < 4.78 is 4.96. The molecule has 2 aromatic carbocycles. The number of phenols is 1. The van der Waals surface area contributed by atoms with Crippen molar-refractivity contribution in [3.8, 4) is 17.6 Å². The van der Waals surface area contributed by atoms with Crippen molar-refractivity contribution in [1.29, 1.82) is 5.26 Å². The maximum atomic E-state index is 12.3. The predicted octanol–water partition coefficient (Wildman–Crippen LogP) is 3.51. The number of anilines is 1. The number of amides is 1. The van der Waals surface area contributed by atoms with E-state index in [4.69, 9.17) is 16.3 Å². The highest BCUT2D eigenvalue weighted by atomic mass is 35.5. The van der Waals surface area contributed by atoms with Gasteiger partial charge in [0.25, 0.3) is 11.6 Å². The smallest absolute Gasteiger partial charge is 0.271 e. The maximum absolute atomic E-state index is 12.3. The third-order valence-corrected chi connectivity index (χ3v) is 3.55. The van der Waals surface area contributed by atoms with E-state index in [0.717, 1.165) is 0 Å². The van der Waals surface area contributed by atoms with Gasteiger partial charge in [0.05, 0.1) is 17.1 Å². The van der Waals surface area contributed by atoms with Gasteiger partial charge in [-0.15, -0.1) is 0 Å². The molecular weight excluding hydrogens is 362 g/mol. The second-order valence-corrected chi connectivity index (χ2v) is 5.39. The first-order valence-electron chi connectivity index (χ1n) is 7.09. The van der Waals surface area contributed by atoms with E-state index < -0.39 is 10.8 Å². The Kier molecular flexibility index (Phi) is 5.78. The van der Waals surface area contributed by atoms with Crippen LogP contribution in [0.5, 0.6) is 11.5 Å². The molecule has 0 spiro atoms. The van der Waals surface area contributed by atoms with Crippen LogP contribution < -0.4 is 10.1 Å². The van der Waals surface area contributed by atoms with Crippen molar-refractivity contribution >= 4 is 35.0 Å². The zero-order valence-electron chi connectivity index (χ0n) is 13.4. The van der Waals surface area contributed by atoms with Crippen LogP contribution in [-0.4, -0.2) is 23.0 Å². The molecule has 0 heterocycles. The average molecular weight is 374 g/mol. The quantitative estimate of drug-likeness (QED) is 0.357. The fourth-order valence-electron chi connectivity index (χ4n) is 2.04. The first kappa shape index (κ1) is 18.8. The van der Waals surface area contributed by atoms with E-state index in [-0.39, 0.29) is 33.5 Å². The van der Waals surface area contributed by atoms with Gasteiger partial charge in [-0.3, -0.25) is 14.9 Å². The molecule has 9 heteroatoms. The van der Waals surface area contributed by atoms with E-state index in [9.17, 15) is 25.3 Å². The molecule has 0 atom stereocenters. The zero-order chi connectivity index (χ0) is 19.3. The summed E-state index contributed by atoms with van der Waals surface area (Å²) in [5.74, 6) is -0.929. The van der Waals surface area contributed by atoms with E-state index in [1.165, 1.54) is 49.6 Å². The number of benzene rings is 2. The fourth-order valence-corrected chi connectivity index (χ4v) is 2.26. The molecule has 2 aromatic rings. The van der Waals surface area contributed by atoms with E-state index in [0.29, 0.717) is 5.56 Å². The lowest BCUT2D eigenvalue weighted by atomic mass is 10.1. The van der Waals surface area contributed by atoms with Crippen LogP contribution in [0.4, 0.5) is 11.4 Å². The van der Waals surface area contributed by atoms with Crippen LogP contribution in [-0.2, 0) is 4.79 Å². The minimum Gasteiger partial charge on any atom is -0.503 e. The zero-order valence-corrected chi connectivity index (χ0v) is 14.1. The molecule has 0 fully saturated rings. The third-order valence-electron chi connectivity index (χ3n) is 3.26. The molecule has 0 bridgehead atoms. The third kappa shape index (κ3) is 4.28. The topological polar surface area (TPSA) is 125 Å². The Balaban J connectivity index is 2.31. The summed E-state index contributed by atoms with van der Waals surface area (Å²) in [6.45, 7) is 0. The van der Waals surface area contributed by atoms with Crippen LogP contribution in [0.25, 0.3) is 6.08 Å². The first-order chi connectivity index (χ1) is 12.3. The molecule has 0 unspecified atom stereocenters. The van der Waals surface area contributed by atoms with Crippen molar-refractivity contribution in [1.82, 2.24) is 0 Å². The van der Waals surface area contributed by atoms with E-state index >= 15 is 0 Å². The number of halogens is 1. The van der Waals surface area contributed by atoms with Gasteiger partial charge >= 0.3 is 0 Å². The lowest BCUT2D eigenvalue weighted by Gasteiger charge is -2.07. The first-order valence-corrected chi connectivity index (χ1v) is 7.47. The molecule has 132 valence electrons. The molecule has 26 heavy (non-hydrogen) atoms. The molecular formula is C17H12ClN3O5. The number of hydrogen-bond donors (Lipinski definition) is 2. The van der Waals surface area contributed by atoms with Gasteiger partial charge in [0, 0.05) is 17.8 Å². The number of carbonyl (C=O) groups excluding carboxylic acids is 1. The summed E-state index contributed by atoms with van der Waals surface area (Å²) in [6.07, 6.45) is 1.25. The maximum Gasteiger partial charge on any atom is 0.271 e. The van der Waals surface area contributed by atoms with Crippen molar-refractivity contribution in [2.75, 3.05) is 12.4 Å². The highest BCUT2D eigenvalue weighted by Crippen LogP contribution is 2.35. The van der Waals surface area contributed by atoms with E-state index in [1.54, 1.807) is 6.07 Å². The van der Waals surface area contributed by atoms with Crippen molar-refractivity contribution in [3.63, 3.8) is 0 Å². The van der Waals surface area contributed by atoms with Crippen LogP contribution >= 0.6 is 11.6 Å². The molecule has 0 aliphatic rings. The fraction of sp³-hybridized carbons (Fsp3) is 0.0588. The van der Waals surface area contributed by atoms with Gasteiger partial charge in [-0.05, 0) is 29.8 Å². The normalized spacial score (nSPS) is 10.7. The van der Waals surface area contributed by atoms with Crippen molar-refractivity contribution in [2.24, 2.45) is 0 Å². The van der Waals surface area contributed by atoms with Gasteiger partial charge in [-0.2, -0.15) is 5.26 Å². The summed E-state index contributed by atoms with van der Waals surface area (Å²) in [7, 11) is 1.33. The number of non-ortho nitro benzene ring substituents is 1. The number of nitrogens with zero attached hydrogens (tertiary/aromatic N) is 2. The van der Waals surface area contributed by atoms with Crippen LogP contribution in [0.3, 0.4) is 0 Å². The second-order valence-electron chi connectivity index (χ2n) is 4.98. The molecule has 2 N–H and O–H groups in total. The molecule has 0 radical (unpaired) electrons. The van der Waals surface area contributed by atoms with E-state index in [2.05, 4.69) is 5.32 Å². The van der Waals surface area contributed by atoms with Gasteiger partial charge in [0.15, 0.2) is 11.5 Å². The number of methoxy groups -OCH3 is 1. The van der Waals surface area contributed by atoms with Crippen LogP contribution in [0, 0.1) is 21.4 Å². The molecule has 0 saturated carbocycles. The summed E-state index contributed by atoms with van der Waals surface area (Å²) in [6, 6.07) is 9.83. The molecule has 0 saturated heterocycles. The molecule has 2 rings (SSSR count). The number of aromatic hydroxyl groups is 1. The lowest BCUT2D eigenvalue weighted by Crippen LogP contribution is -2.13. The number of carbonyl (C=O) groups is 1. The number of rotatable bonds is 5. The number of nitro groups is 1. The summed E-state index contributed by atoms with van der Waals surface area (Å²) >= 11 is 5.87. The van der Waals surface area contributed by atoms with Gasteiger partial charge in [0.1, 0.15) is 11.6 Å². The standard InChI is InChI=1S/C17H12ClN3O5/c1-26-15-7-10(6-14(18)16(15)22)5-11(9-19)17(23)20-12-3-2-4-13(8-12)21(24)25/h2-8,22H,1H3,(H,20,23)/b11-5+. The lowest BCUT2D eigenvalue weighted by molar-refractivity contribution is -0.384. The minimum atomic E-state index is -0.754. The highest BCUT2D eigenvalue weighted by Gasteiger charge is 2.14. The SMILES string of the molecule is COc1cc(/C=C(\C#N)C(=O)Nc2cccc([N+](=O)[O-])c2)cc(Cl)c1O. The Bertz CT molecular complexity index is 950. The largest absolute Gasteiger partial charge is 0.503 e. The average Bonchev–Trinajstić information content (AvgIpc) is 2.62. The Hall–Kier alpha value is -3.57. The Morgan fingerprint density at radius 2 is 2.15 bits per heavy atom. The molecule has 0 aromatic heterocycles. The monoisotopic (exact) mass is 373 g/mol. The van der Waals surface area contributed by atoms with Crippen LogP contribution in [0.1, 0.15) is 5.56 Å². The number of phenolic OH excluding ortho intramolecular Hbond substituents is 1. The highest BCUT2D eigenvalue weighted by molar-refractivity contribution is 6.32. The summed E-state index contributed by atoms with van der Waals surface area (Å²) in [4.78, 5) is 22.4. The summed E-state index contributed by atoms with van der Waals surface area (Å²) in [5, 5.41) is 32.1. The Morgan fingerprint density at radius 3 is 2.77 bits per heavy atom. The van der Waals surface area contributed by atoms with Crippen LogP contribution in [0.2, 0.25) is 5.02 Å². The van der Waals surface area contributed by atoms with Crippen molar-refractivity contribution in [3.05, 3.63) is 62.7 Å². The van der Waals surface area contributed by atoms with Gasteiger partial charge in [0.2, 0.25) is 0 Å². The van der Waals surface area contributed by atoms with Crippen LogP contribution in [0.15, 0.2) is 42.0 Å². The molecule has 8 nitrogen and oxygen atoms in total. The van der Waals surface area contributed by atoms with Gasteiger partial charge in [-0.1, -0.05) is 17.7 Å². The van der Waals surface area contributed by atoms with Crippen molar-refractivity contribution < 1.29 is 19.6 Å². The number of ether oxygens (including phenoxy) is 1. The Labute approximate surface area is 153 Å². The number of nitrogens with one attached hydrogen (secondary N) is 1. The molecule has 0 aliphatic carbocycles. The van der Waals surface area contributed by atoms with Gasteiger partial charge < -0.3 is 15.2 Å². The summed E-state index contributed by atoms with van der Waals surface area (Å²) in [5.41, 5.74) is 0.0720. The van der Waals surface area contributed by atoms with E-state index in [1.807, 2.05) is 0 Å². The number of nitriles is 1. The number of hydrogen-bond acceptors (Lipinski definition) is 6. The minimum absolute atomic E-state index is 0.00742. The van der Waals surface area contributed by atoms with Gasteiger partial charge in [-0.25, -0.2) is 0 Å².